The number of carbonyl (C=O) groups is 3. The van der Waals surface area contributed by atoms with Crippen molar-refractivity contribution in [3.05, 3.63) is 42.1 Å². The van der Waals surface area contributed by atoms with Crippen molar-refractivity contribution >= 4 is 40.9 Å². The fraction of sp³-hybridized carbons (Fsp3) is 0.545. The molecule has 0 bridgehead atoms. The molecule has 1 aromatic carbocycles. The summed E-state index contributed by atoms with van der Waals surface area (Å²) in [5, 5.41) is 14.7. The Kier molecular flexibility index (Phi) is 13.3. The topological polar surface area (TPSA) is 159 Å². The lowest BCUT2D eigenvalue weighted by Gasteiger charge is -2.43. The zero-order valence-electron chi connectivity index (χ0n) is 27.7. The van der Waals surface area contributed by atoms with Gasteiger partial charge in [0.1, 0.15) is 17.5 Å². The summed E-state index contributed by atoms with van der Waals surface area (Å²) in [7, 11) is 5.19. The van der Waals surface area contributed by atoms with E-state index < -0.39 is 5.97 Å². The number of anilines is 4. The molecule has 14 nitrogen and oxygen atoms in total. The van der Waals surface area contributed by atoms with Gasteiger partial charge in [-0.25, -0.2) is 9.78 Å². The SMILES string of the molecule is CC[C@@H]1C(=O)N(C)c2cnc(Nc3ccc(C(=O)NCCOCCOCCN(C)C/C=C/C(=O)O)cc3OC)nc2N1C1CCCC1. The van der Waals surface area contributed by atoms with Crippen LogP contribution in [0.25, 0.3) is 0 Å². The predicted octanol–water partition coefficient (Wildman–Crippen LogP) is 3.07. The van der Waals surface area contributed by atoms with E-state index in [0.29, 0.717) is 81.1 Å². The van der Waals surface area contributed by atoms with Gasteiger partial charge in [0.15, 0.2) is 5.82 Å². The number of aromatic nitrogens is 2. The minimum atomic E-state index is -0.962. The van der Waals surface area contributed by atoms with Gasteiger partial charge in [-0.2, -0.15) is 4.98 Å². The average Bonchev–Trinajstić information content (AvgIpc) is 3.60. The molecule has 47 heavy (non-hydrogen) atoms. The van der Waals surface area contributed by atoms with Crippen LogP contribution in [0.2, 0.25) is 0 Å². The summed E-state index contributed by atoms with van der Waals surface area (Å²) in [5.74, 6) is 0.431. The van der Waals surface area contributed by atoms with Crippen LogP contribution in [-0.2, 0) is 19.1 Å². The fourth-order valence-corrected chi connectivity index (χ4v) is 5.81. The number of nitrogens with one attached hydrogen (secondary N) is 2. The lowest BCUT2D eigenvalue weighted by molar-refractivity contribution is -0.131. The Morgan fingerprint density at radius 1 is 1.15 bits per heavy atom. The van der Waals surface area contributed by atoms with Crippen LogP contribution >= 0.6 is 0 Å². The van der Waals surface area contributed by atoms with Gasteiger partial charge in [-0.05, 0) is 44.5 Å². The Hall–Kier alpha value is -4.27. The largest absolute Gasteiger partial charge is 0.495 e. The molecule has 2 aliphatic rings. The summed E-state index contributed by atoms with van der Waals surface area (Å²) in [5.41, 5.74) is 1.73. The van der Waals surface area contributed by atoms with Gasteiger partial charge >= 0.3 is 5.97 Å². The van der Waals surface area contributed by atoms with E-state index in [2.05, 4.69) is 20.5 Å². The summed E-state index contributed by atoms with van der Waals surface area (Å²) >= 11 is 0. The van der Waals surface area contributed by atoms with Gasteiger partial charge in [0.05, 0.1) is 45.4 Å². The second-order valence-electron chi connectivity index (χ2n) is 11.6. The summed E-state index contributed by atoms with van der Waals surface area (Å²) in [6.45, 7) is 5.19. The van der Waals surface area contributed by atoms with Crippen LogP contribution in [0.4, 0.5) is 23.1 Å². The Bertz CT molecular complexity index is 1400. The van der Waals surface area contributed by atoms with Crippen molar-refractivity contribution in [1.82, 2.24) is 20.2 Å². The number of aliphatic carboxylic acids is 1. The Morgan fingerprint density at radius 2 is 1.89 bits per heavy atom. The predicted molar refractivity (Wildman–Crippen MR) is 179 cm³/mol. The van der Waals surface area contributed by atoms with Crippen molar-refractivity contribution in [3.8, 4) is 5.75 Å². The van der Waals surface area contributed by atoms with E-state index in [0.717, 1.165) is 37.6 Å². The van der Waals surface area contributed by atoms with E-state index in [-0.39, 0.29) is 23.9 Å². The number of ether oxygens (including phenoxy) is 3. The zero-order valence-corrected chi connectivity index (χ0v) is 27.7. The van der Waals surface area contributed by atoms with Gasteiger partial charge in [0.2, 0.25) is 11.9 Å². The van der Waals surface area contributed by atoms with Crippen LogP contribution in [0.1, 0.15) is 49.4 Å². The number of carboxylic acids is 1. The molecule has 0 radical (unpaired) electrons. The third-order valence-electron chi connectivity index (χ3n) is 8.32. The smallest absolute Gasteiger partial charge is 0.328 e. The van der Waals surface area contributed by atoms with Crippen molar-refractivity contribution in [1.29, 1.82) is 0 Å². The second kappa shape index (κ2) is 17.6. The first-order valence-electron chi connectivity index (χ1n) is 16.1. The molecule has 1 saturated carbocycles. The Labute approximate surface area is 276 Å². The molecule has 14 heteroatoms. The third kappa shape index (κ3) is 9.62. The second-order valence-corrected chi connectivity index (χ2v) is 11.6. The highest BCUT2D eigenvalue weighted by Gasteiger charge is 2.41. The monoisotopic (exact) mass is 653 g/mol. The zero-order chi connectivity index (χ0) is 33.8. The number of rotatable bonds is 18. The van der Waals surface area contributed by atoms with Gasteiger partial charge in [0, 0.05) is 44.4 Å². The Balaban J connectivity index is 1.26. The first kappa shape index (κ1) is 35.6. The minimum absolute atomic E-state index is 0.0634. The molecule has 256 valence electrons. The van der Waals surface area contributed by atoms with Gasteiger partial charge < -0.3 is 44.7 Å². The molecule has 0 saturated heterocycles. The number of hydrogen-bond acceptors (Lipinski definition) is 11. The number of carboxylic acid groups (broad SMARTS) is 1. The summed E-state index contributed by atoms with van der Waals surface area (Å²) < 4.78 is 16.7. The highest BCUT2D eigenvalue weighted by atomic mass is 16.5. The van der Waals surface area contributed by atoms with E-state index >= 15 is 0 Å². The maximum atomic E-state index is 13.2. The number of methoxy groups -OCH3 is 1. The number of benzene rings is 1. The summed E-state index contributed by atoms with van der Waals surface area (Å²) in [4.78, 5) is 51.7. The highest BCUT2D eigenvalue weighted by Crippen LogP contribution is 2.40. The first-order valence-corrected chi connectivity index (χ1v) is 16.1. The van der Waals surface area contributed by atoms with Crippen LogP contribution in [0.5, 0.6) is 5.75 Å². The van der Waals surface area contributed by atoms with E-state index in [1.807, 2.05) is 18.9 Å². The molecule has 0 spiro atoms. The molecule has 2 aromatic rings. The molecule has 0 unspecified atom stereocenters. The first-order chi connectivity index (χ1) is 22.7. The molecule has 2 amide bonds. The number of hydrogen-bond donors (Lipinski definition) is 3. The number of fused-ring (bicyclic) bond motifs is 1. The molecular weight excluding hydrogens is 606 g/mol. The summed E-state index contributed by atoms with van der Waals surface area (Å²) in [6, 6.07) is 5.12. The standard InChI is InChI=1S/C33H47N7O7/c1-5-26-32(44)39(3)27-22-35-33(37-30(27)40(26)24-9-6-7-10-24)36-25-13-12-23(21-28(25)45-4)31(43)34-14-17-46-19-20-47-18-16-38(2)15-8-11-29(41)42/h8,11-13,21-22,24,26H,5-7,9-10,14-20H2,1-4H3,(H,34,43)(H,41,42)(H,35,36,37)/b11-8+/t26-/m1/s1. The van der Waals surface area contributed by atoms with Crippen LogP contribution in [-0.4, -0.2) is 117 Å². The third-order valence-corrected chi connectivity index (χ3v) is 8.32. The van der Waals surface area contributed by atoms with E-state index in [9.17, 15) is 14.4 Å². The molecule has 1 atom stereocenters. The lowest BCUT2D eigenvalue weighted by atomic mass is 10.0. The number of likely N-dealkylation sites (N-methyl/N-ethyl adjacent to an activating group) is 2. The minimum Gasteiger partial charge on any atom is -0.495 e. The van der Waals surface area contributed by atoms with Crippen molar-refractivity contribution < 1.29 is 33.7 Å². The molecule has 4 rings (SSSR count). The van der Waals surface area contributed by atoms with Crippen molar-refractivity contribution in [3.63, 3.8) is 0 Å². The molecule has 1 aliphatic heterocycles. The van der Waals surface area contributed by atoms with E-state index in [4.69, 9.17) is 24.3 Å². The number of nitrogens with zero attached hydrogens (tertiary/aromatic N) is 5. The normalized spacial score (nSPS) is 16.6. The average molecular weight is 654 g/mol. The van der Waals surface area contributed by atoms with Crippen molar-refractivity contribution in [2.24, 2.45) is 0 Å². The maximum Gasteiger partial charge on any atom is 0.328 e. The number of carbonyl (C=O) groups excluding carboxylic acids is 2. The van der Waals surface area contributed by atoms with Gasteiger partial charge in [0.25, 0.3) is 5.91 Å². The number of amides is 2. The van der Waals surface area contributed by atoms with E-state index in [1.165, 1.54) is 7.11 Å². The van der Waals surface area contributed by atoms with Gasteiger partial charge in [-0.15, -0.1) is 0 Å². The molecular formula is C33H47N7O7. The molecule has 2 heterocycles. The Morgan fingerprint density at radius 3 is 2.60 bits per heavy atom. The van der Waals surface area contributed by atoms with E-state index in [1.54, 1.807) is 42.4 Å². The molecule has 3 N–H and O–H groups in total. The van der Waals surface area contributed by atoms with Crippen LogP contribution in [0, 0.1) is 0 Å². The highest BCUT2D eigenvalue weighted by molar-refractivity contribution is 6.04. The van der Waals surface area contributed by atoms with Crippen LogP contribution in [0.15, 0.2) is 36.5 Å². The lowest BCUT2D eigenvalue weighted by Crippen LogP contribution is -2.55. The molecule has 1 aliphatic carbocycles. The quantitative estimate of drug-likeness (QED) is 0.160. The maximum absolute atomic E-state index is 13.2. The molecule has 1 aromatic heterocycles. The van der Waals surface area contributed by atoms with Gasteiger partial charge in [-0.1, -0.05) is 25.8 Å². The molecule has 1 fully saturated rings. The van der Waals surface area contributed by atoms with Gasteiger partial charge in [-0.3, -0.25) is 9.59 Å². The van der Waals surface area contributed by atoms with Crippen molar-refractivity contribution in [2.45, 2.75) is 51.1 Å². The van der Waals surface area contributed by atoms with Crippen molar-refractivity contribution in [2.75, 3.05) is 82.4 Å². The summed E-state index contributed by atoms with van der Waals surface area (Å²) in [6.07, 6.45) is 9.44. The fourth-order valence-electron chi connectivity index (χ4n) is 5.81. The van der Waals surface area contributed by atoms with Crippen LogP contribution in [0.3, 0.4) is 0 Å². The van der Waals surface area contributed by atoms with Crippen LogP contribution < -0.4 is 25.2 Å².